The third-order valence-corrected chi connectivity index (χ3v) is 10.4. The summed E-state index contributed by atoms with van der Waals surface area (Å²) >= 11 is 0. The highest BCUT2D eigenvalue weighted by Crippen LogP contribution is 2.45. The number of rotatable bonds is 6. The summed E-state index contributed by atoms with van der Waals surface area (Å²) in [5.41, 5.74) is 11.5. The van der Waals surface area contributed by atoms with Gasteiger partial charge in [-0.3, -0.25) is 19.6 Å². The standard InChI is InChI=1S/C48H30N4O2/c53-47-40-18-9-19-43(44(40)48(54)52(47)42-21-20-35(31-10-3-1-4-11-31)30-41(42)32-12-5-2-6-13-32)51-45-36(33-22-26-49-27-23-33)14-7-16-38(45)39-17-8-15-37(46(39)51)34-24-28-50-29-25-34/h1-30H. The van der Waals surface area contributed by atoms with Crippen LogP contribution in [0.2, 0.25) is 0 Å². The molecule has 0 saturated heterocycles. The van der Waals surface area contributed by atoms with E-state index in [0.29, 0.717) is 22.5 Å². The van der Waals surface area contributed by atoms with Crippen molar-refractivity contribution in [2.45, 2.75) is 0 Å². The number of benzene rings is 6. The second-order valence-electron chi connectivity index (χ2n) is 13.3. The number of aromatic nitrogens is 3. The van der Waals surface area contributed by atoms with Gasteiger partial charge in [0.1, 0.15) is 0 Å². The molecule has 0 fully saturated rings. The van der Waals surface area contributed by atoms with Gasteiger partial charge in [0.05, 0.1) is 33.5 Å². The van der Waals surface area contributed by atoms with Gasteiger partial charge in [0.2, 0.25) is 0 Å². The molecule has 6 nitrogen and oxygen atoms in total. The quantitative estimate of drug-likeness (QED) is 0.163. The van der Waals surface area contributed by atoms with Crippen molar-refractivity contribution in [3.8, 4) is 50.2 Å². The summed E-state index contributed by atoms with van der Waals surface area (Å²) in [5.74, 6) is -0.723. The van der Waals surface area contributed by atoms with E-state index in [2.05, 4.69) is 69.1 Å². The molecule has 9 aromatic rings. The number of amides is 2. The molecular weight excluding hydrogens is 665 g/mol. The zero-order valence-corrected chi connectivity index (χ0v) is 28.9. The van der Waals surface area contributed by atoms with E-state index >= 15 is 4.79 Å². The molecule has 6 heteroatoms. The Morgan fingerprint density at radius 1 is 0.370 bits per heavy atom. The molecule has 0 spiro atoms. The number of pyridine rings is 2. The third-order valence-electron chi connectivity index (χ3n) is 10.4. The van der Waals surface area contributed by atoms with E-state index in [4.69, 9.17) is 0 Å². The zero-order valence-electron chi connectivity index (χ0n) is 28.9. The van der Waals surface area contributed by atoms with Crippen LogP contribution >= 0.6 is 0 Å². The number of hydrogen-bond acceptors (Lipinski definition) is 4. The highest BCUT2D eigenvalue weighted by Gasteiger charge is 2.40. The van der Waals surface area contributed by atoms with Crippen LogP contribution in [0.4, 0.5) is 5.69 Å². The van der Waals surface area contributed by atoms with E-state index in [0.717, 1.165) is 66.3 Å². The number of carbonyl (C=O) groups excluding carboxylic acids is 2. The Balaban J connectivity index is 1.24. The highest BCUT2D eigenvalue weighted by molar-refractivity contribution is 6.36. The minimum Gasteiger partial charge on any atom is -0.307 e. The topological polar surface area (TPSA) is 68.1 Å². The van der Waals surface area contributed by atoms with Crippen molar-refractivity contribution in [1.29, 1.82) is 0 Å². The lowest BCUT2D eigenvalue weighted by atomic mass is 9.97. The monoisotopic (exact) mass is 694 g/mol. The van der Waals surface area contributed by atoms with Crippen molar-refractivity contribution in [3.05, 3.63) is 194 Å². The average Bonchev–Trinajstić information content (AvgIpc) is 3.72. The summed E-state index contributed by atoms with van der Waals surface area (Å²) in [4.78, 5) is 39.7. The van der Waals surface area contributed by atoms with E-state index < -0.39 is 0 Å². The second kappa shape index (κ2) is 12.7. The molecule has 1 aliphatic rings. The molecule has 0 saturated carbocycles. The van der Waals surface area contributed by atoms with Crippen LogP contribution in [0.15, 0.2) is 183 Å². The van der Waals surface area contributed by atoms with Gasteiger partial charge in [0.25, 0.3) is 11.8 Å². The first-order valence-corrected chi connectivity index (χ1v) is 17.8. The van der Waals surface area contributed by atoms with Gasteiger partial charge in [-0.15, -0.1) is 0 Å². The number of nitrogens with zero attached hydrogens (tertiary/aromatic N) is 4. The Hall–Kier alpha value is -7.44. The largest absolute Gasteiger partial charge is 0.307 e. The lowest BCUT2D eigenvalue weighted by Gasteiger charge is -2.20. The molecule has 0 aliphatic carbocycles. The van der Waals surface area contributed by atoms with Gasteiger partial charge in [-0.05, 0) is 76.3 Å². The maximum atomic E-state index is 15.1. The summed E-state index contributed by atoms with van der Waals surface area (Å²) in [6, 6.07) is 52.2. The van der Waals surface area contributed by atoms with Crippen LogP contribution in [-0.2, 0) is 0 Å². The molecule has 3 aromatic heterocycles. The number of hydrogen-bond donors (Lipinski definition) is 0. The summed E-state index contributed by atoms with van der Waals surface area (Å²) < 4.78 is 2.18. The van der Waals surface area contributed by atoms with Gasteiger partial charge in [-0.1, -0.05) is 109 Å². The molecular formula is C48H30N4O2. The van der Waals surface area contributed by atoms with Crippen LogP contribution < -0.4 is 4.90 Å². The Morgan fingerprint density at radius 3 is 1.48 bits per heavy atom. The number of imide groups is 1. The van der Waals surface area contributed by atoms with Crippen LogP contribution in [0.5, 0.6) is 0 Å². The molecule has 0 unspecified atom stereocenters. The second-order valence-corrected chi connectivity index (χ2v) is 13.3. The van der Waals surface area contributed by atoms with Crippen molar-refractivity contribution in [2.24, 2.45) is 0 Å². The van der Waals surface area contributed by atoms with Crippen LogP contribution in [0.25, 0.3) is 72.0 Å². The van der Waals surface area contributed by atoms with Crippen molar-refractivity contribution < 1.29 is 9.59 Å². The first-order chi connectivity index (χ1) is 26.7. The maximum absolute atomic E-state index is 15.1. The molecule has 1 aliphatic heterocycles. The lowest BCUT2D eigenvalue weighted by Crippen LogP contribution is -2.30. The molecule has 6 aromatic carbocycles. The Bertz CT molecular complexity index is 2810. The normalized spacial score (nSPS) is 12.5. The predicted molar refractivity (Wildman–Crippen MR) is 216 cm³/mol. The van der Waals surface area contributed by atoms with Gasteiger partial charge in [-0.2, -0.15) is 0 Å². The number of para-hydroxylation sites is 2. The Labute approximate surface area is 311 Å². The maximum Gasteiger partial charge on any atom is 0.268 e. The number of fused-ring (bicyclic) bond motifs is 4. The summed E-state index contributed by atoms with van der Waals surface area (Å²) in [6.07, 6.45) is 7.16. The minimum atomic E-state index is -0.368. The molecule has 254 valence electrons. The molecule has 0 N–H and O–H groups in total. The third kappa shape index (κ3) is 4.89. The fourth-order valence-electron chi connectivity index (χ4n) is 7.95. The summed E-state index contributed by atoms with van der Waals surface area (Å²) in [7, 11) is 0. The molecule has 2 amide bonds. The van der Waals surface area contributed by atoms with Crippen molar-refractivity contribution in [1.82, 2.24) is 14.5 Å². The van der Waals surface area contributed by atoms with E-state index in [1.54, 1.807) is 30.9 Å². The van der Waals surface area contributed by atoms with E-state index in [-0.39, 0.29) is 11.8 Å². The molecule has 4 heterocycles. The van der Waals surface area contributed by atoms with Crippen molar-refractivity contribution in [2.75, 3.05) is 4.90 Å². The molecule has 10 rings (SSSR count). The van der Waals surface area contributed by atoms with Crippen LogP contribution in [-0.4, -0.2) is 26.3 Å². The van der Waals surface area contributed by atoms with Crippen molar-refractivity contribution in [3.63, 3.8) is 0 Å². The highest BCUT2D eigenvalue weighted by atomic mass is 16.2. The van der Waals surface area contributed by atoms with Crippen LogP contribution in [0, 0.1) is 0 Å². The van der Waals surface area contributed by atoms with Gasteiger partial charge < -0.3 is 4.57 Å². The Morgan fingerprint density at radius 2 is 0.889 bits per heavy atom. The SMILES string of the molecule is O=C1c2cccc(-n3c4c(-c5ccncc5)cccc4c4cccc(-c5ccncc5)c43)c2C(=O)N1c1ccc(-c2ccccc2)cc1-c1ccccc1. The van der Waals surface area contributed by atoms with E-state index in [9.17, 15) is 4.79 Å². The number of carbonyl (C=O) groups is 2. The van der Waals surface area contributed by atoms with E-state index in [1.807, 2.05) is 97.1 Å². The first kappa shape index (κ1) is 31.3. The fraction of sp³-hybridized carbons (Fsp3) is 0. The van der Waals surface area contributed by atoms with Crippen LogP contribution in [0.1, 0.15) is 20.7 Å². The fourth-order valence-corrected chi connectivity index (χ4v) is 7.95. The number of anilines is 1. The van der Waals surface area contributed by atoms with Gasteiger partial charge >= 0.3 is 0 Å². The Kier molecular flexibility index (Phi) is 7.34. The minimum absolute atomic E-state index is 0.356. The molecule has 0 atom stereocenters. The zero-order chi connectivity index (χ0) is 36.2. The molecule has 0 bridgehead atoms. The first-order valence-electron chi connectivity index (χ1n) is 17.8. The molecule has 0 radical (unpaired) electrons. The molecule has 54 heavy (non-hydrogen) atoms. The summed E-state index contributed by atoms with van der Waals surface area (Å²) in [6.45, 7) is 0. The summed E-state index contributed by atoms with van der Waals surface area (Å²) in [5, 5.41) is 2.06. The average molecular weight is 695 g/mol. The lowest BCUT2D eigenvalue weighted by molar-refractivity contribution is 0.0926. The van der Waals surface area contributed by atoms with Gasteiger partial charge in [0.15, 0.2) is 0 Å². The van der Waals surface area contributed by atoms with Crippen LogP contribution in [0.3, 0.4) is 0 Å². The van der Waals surface area contributed by atoms with Gasteiger partial charge in [-0.25, -0.2) is 4.90 Å². The van der Waals surface area contributed by atoms with Gasteiger partial charge in [0, 0.05) is 52.3 Å². The van der Waals surface area contributed by atoms with E-state index in [1.165, 1.54) is 4.90 Å². The predicted octanol–water partition coefficient (Wildman–Crippen LogP) is 11.0. The van der Waals surface area contributed by atoms with Crippen molar-refractivity contribution >= 4 is 39.3 Å². The smallest absolute Gasteiger partial charge is 0.268 e.